The van der Waals surface area contributed by atoms with Gasteiger partial charge in [-0.25, -0.2) is 4.98 Å². The second kappa shape index (κ2) is 7.09. The van der Waals surface area contributed by atoms with Crippen LogP contribution in [0.15, 0.2) is 54.9 Å². The minimum absolute atomic E-state index is 0.140. The van der Waals surface area contributed by atoms with Crippen LogP contribution < -0.4 is 10.2 Å². The molecule has 2 aromatic heterocycles. The fourth-order valence-electron chi connectivity index (χ4n) is 3.17. The van der Waals surface area contributed by atoms with Crippen molar-refractivity contribution in [1.29, 1.82) is 0 Å². The predicted molar refractivity (Wildman–Crippen MR) is 104 cm³/mol. The lowest BCUT2D eigenvalue weighted by Gasteiger charge is -2.33. The third kappa shape index (κ3) is 3.36. The van der Waals surface area contributed by atoms with Crippen LogP contribution in [0.3, 0.4) is 0 Å². The number of aromatic nitrogens is 2. The third-order valence-electron chi connectivity index (χ3n) is 4.73. The Labute approximate surface area is 152 Å². The molecule has 1 aliphatic heterocycles. The summed E-state index contributed by atoms with van der Waals surface area (Å²) in [6.07, 6.45) is 3.45. The molecule has 0 radical (unpaired) electrons. The van der Waals surface area contributed by atoms with Crippen LogP contribution in [0.1, 0.15) is 10.4 Å². The number of benzene rings is 1. The van der Waals surface area contributed by atoms with Gasteiger partial charge in [0.15, 0.2) is 0 Å². The van der Waals surface area contributed by atoms with Crippen LogP contribution in [-0.4, -0.2) is 54.0 Å². The summed E-state index contributed by atoms with van der Waals surface area (Å²) in [6.45, 7) is 3.84. The number of hydrogen-bond donors (Lipinski definition) is 1. The highest BCUT2D eigenvalue weighted by Gasteiger charge is 2.17. The summed E-state index contributed by atoms with van der Waals surface area (Å²) in [5.41, 5.74) is 2.23. The summed E-state index contributed by atoms with van der Waals surface area (Å²) in [5, 5.41) is 3.93. The molecule has 1 aromatic carbocycles. The third-order valence-corrected chi connectivity index (χ3v) is 4.73. The van der Waals surface area contributed by atoms with E-state index in [0.717, 1.165) is 48.6 Å². The van der Waals surface area contributed by atoms with Gasteiger partial charge in [-0.3, -0.25) is 9.78 Å². The van der Waals surface area contributed by atoms with Crippen LogP contribution in [0.2, 0.25) is 0 Å². The van der Waals surface area contributed by atoms with Gasteiger partial charge in [0.2, 0.25) is 0 Å². The molecule has 1 N–H and O–H groups in total. The Morgan fingerprint density at radius 1 is 1.00 bits per heavy atom. The van der Waals surface area contributed by atoms with Gasteiger partial charge in [0.1, 0.15) is 5.82 Å². The zero-order valence-electron chi connectivity index (χ0n) is 14.7. The molecule has 0 atom stereocenters. The largest absolute Gasteiger partial charge is 0.354 e. The van der Waals surface area contributed by atoms with Gasteiger partial charge in [-0.05, 0) is 43.4 Å². The van der Waals surface area contributed by atoms with Crippen molar-refractivity contribution >= 4 is 28.3 Å². The highest BCUT2D eigenvalue weighted by Crippen LogP contribution is 2.22. The zero-order valence-corrected chi connectivity index (χ0v) is 14.7. The summed E-state index contributed by atoms with van der Waals surface area (Å²) in [4.78, 5) is 26.0. The van der Waals surface area contributed by atoms with Crippen LogP contribution in [0, 0.1) is 0 Å². The number of hydrogen-bond acceptors (Lipinski definition) is 5. The number of amides is 1. The van der Waals surface area contributed by atoms with Crippen molar-refractivity contribution in [2.24, 2.45) is 0 Å². The summed E-state index contributed by atoms with van der Waals surface area (Å²) in [7, 11) is 2.12. The van der Waals surface area contributed by atoms with Gasteiger partial charge in [0.25, 0.3) is 5.91 Å². The lowest BCUT2D eigenvalue weighted by Crippen LogP contribution is -2.44. The number of piperazine rings is 1. The first-order valence-electron chi connectivity index (χ1n) is 8.75. The average molecular weight is 347 g/mol. The van der Waals surface area contributed by atoms with Crippen molar-refractivity contribution in [3.63, 3.8) is 0 Å². The predicted octanol–water partition coefficient (Wildman–Crippen LogP) is 2.63. The Morgan fingerprint density at radius 2 is 1.85 bits per heavy atom. The van der Waals surface area contributed by atoms with Gasteiger partial charge in [-0.2, -0.15) is 0 Å². The molecule has 1 fully saturated rings. The van der Waals surface area contributed by atoms with E-state index in [1.54, 1.807) is 18.5 Å². The Balaban J connectivity index is 1.56. The number of nitrogens with zero attached hydrogens (tertiary/aromatic N) is 4. The number of likely N-dealkylation sites (N-methyl/N-ethyl adjacent to an activating group) is 1. The quantitative estimate of drug-likeness (QED) is 0.789. The Kier molecular flexibility index (Phi) is 4.50. The summed E-state index contributed by atoms with van der Waals surface area (Å²) in [6, 6.07) is 13.2. The van der Waals surface area contributed by atoms with Gasteiger partial charge in [-0.1, -0.05) is 6.07 Å². The van der Waals surface area contributed by atoms with Crippen molar-refractivity contribution in [3.8, 4) is 0 Å². The minimum Gasteiger partial charge on any atom is -0.354 e. The van der Waals surface area contributed by atoms with E-state index in [0.29, 0.717) is 5.56 Å². The molecule has 6 heteroatoms. The second-order valence-corrected chi connectivity index (χ2v) is 6.52. The smallest absolute Gasteiger partial charge is 0.255 e. The van der Waals surface area contributed by atoms with Crippen molar-refractivity contribution in [3.05, 3.63) is 60.4 Å². The van der Waals surface area contributed by atoms with Gasteiger partial charge < -0.3 is 15.1 Å². The molecule has 26 heavy (non-hydrogen) atoms. The van der Waals surface area contributed by atoms with E-state index < -0.39 is 0 Å². The molecule has 3 heterocycles. The van der Waals surface area contributed by atoms with Crippen molar-refractivity contribution in [1.82, 2.24) is 14.9 Å². The molecule has 0 spiro atoms. The number of carbonyl (C=O) groups excluding carboxylic acids is 1. The Hall–Kier alpha value is -2.99. The number of nitrogens with one attached hydrogen (secondary N) is 1. The molecular weight excluding hydrogens is 326 g/mol. The first-order chi connectivity index (χ1) is 12.7. The highest BCUT2D eigenvalue weighted by molar-refractivity contribution is 6.08. The fourth-order valence-corrected chi connectivity index (χ4v) is 3.17. The van der Waals surface area contributed by atoms with Crippen LogP contribution in [0.25, 0.3) is 10.9 Å². The van der Waals surface area contributed by atoms with Gasteiger partial charge in [0, 0.05) is 49.5 Å². The molecule has 0 saturated carbocycles. The van der Waals surface area contributed by atoms with E-state index in [-0.39, 0.29) is 5.91 Å². The number of anilines is 2. The van der Waals surface area contributed by atoms with Crippen molar-refractivity contribution in [2.45, 2.75) is 0 Å². The molecule has 1 aliphatic rings. The normalized spacial score (nSPS) is 15.2. The zero-order chi connectivity index (χ0) is 17.9. The molecule has 1 amide bonds. The van der Waals surface area contributed by atoms with Crippen LogP contribution >= 0.6 is 0 Å². The topological polar surface area (TPSA) is 61.4 Å². The number of carbonyl (C=O) groups is 1. The first-order valence-corrected chi connectivity index (χ1v) is 8.75. The molecule has 0 aliphatic carbocycles. The van der Waals surface area contributed by atoms with E-state index in [4.69, 9.17) is 0 Å². The lowest BCUT2D eigenvalue weighted by molar-refractivity contribution is 0.102. The molecular formula is C20H21N5O. The van der Waals surface area contributed by atoms with Crippen molar-refractivity contribution in [2.75, 3.05) is 43.4 Å². The monoisotopic (exact) mass is 347 g/mol. The van der Waals surface area contributed by atoms with E-state index in [1.807, 2.05) is 36.4 Å². The summed E-state index contributed by atoms with van der Waals surface area (Å²) < 4.78 is 0. The van der Waals surface area contributed by atoms with Gasteiger partial charge >= 0.3 is 0 Å². The highest BCUT2D eigenvalue weighted by atomic mass is 16.1. The number of pyridine rings is 2. The SMILES string of the molecule is CN1CCN(c2cc(C(=O)Nc3cccc4ncccc34)ccn2)CC1. The van der Waals surface area contributed by atoms with Gasteiger partial charge in [-0.15, -0.1) is 0 Å². The lowest BCUT2D eigenvalue weighted by atomic mass is 10.1. The van der Waals surface area contributed by atoms with Crippen LogP contribution in [0.4, 0.5) is 11.5 Å². The standard InChI is InChI=1S/C20H21N5O/c1-24-10-12-25(13-11-24)19-14-15(7-9-22-19)20(26)23-18-6-2-5-17-16(18)4-3-8-21-17/h2-9,14H,10-13H2,1H3,(H,23,26). The number of rotatable bonds is 3. The molecule has 6 nitrogen and oxygen atoms in total. The molecule has 3 aromatic rings. The van der Waals surface area contributed by atoms with Crippen LogP contribution in [-0.2, 0) is 0 Å². The number of fused-ring (bicyclic) bond motifs is 1. The molecule has 0 bridgehead atoms. The second-order valence-electron chi connectivity index (χ2n) is 6.52. The maximum Gasteiger partial charge on any atom is 0.255 e. The molecule has 4 rings (SSSR count). The van der Waals surface area contributed by atoms with E-state index >= 15 is 0 Å². The maximum atomic E-state index is 12.8. The van der Waals surface area contributed by atoms with Crippen molar-refractivity contribution < 1.29 is 4.79 Å². The molecule has 0 unspecified atom stereocenters. The minimum atomic E-state index is -0.140. The first kappa shape index (κ1) is 16.5. The fraction of sp³-hybridized carbons (Fsp3) is 0.250. The average Bonchev–Trinajstić information content (AvgIpc) is 2.69. The van der Waals surface area contributed by atoms with E-state index in [2.05, 4.69) is 32.1 Å². The Morgan fingerprint density at radius 3 is 2.69 bits per heavy atom. The molecule has 132 valence electrons. The Bertz CT molecular complexity index is 929. The van der Waals surface area contributed by atoms with E-state index in [1.165, 1.54) is 0 Å². The van der Waals surface area contributed by atoms with Crippen LogP contribution in [0.5, 0.6) is 0 Å². The molecule has 1 saturated heterocycles. The van der Waals surface area contributed by atoms with E-state index in [9.17, 15) is 4.79 Å². The summed E-state index contributed by atoms with van der Waals surface area (Å²) in [5.74, 6) is 0.712. The summed E-state index contributed by atoms with van der Waals surface area (Å²) >= 11 is 0. The van der Waals surface area contributed by atoms with Gasteiger partial charge in [0.05, 0.1) is 11.2 Å². The maximum absolute atomic E-state index is 12.8.